The molecular weight excluding hydrogens is 828 g/mol. The summed E-state index contributed by atoms with van der Waals surface area (Å²) in [6, 6.07) is 81.6. The first kappa shape index (κ1) is 38.7. The molecule has 0 aliphatic carbocycles. The van der Waals surface area contributed by atoms with Gasteiger partial charge in [-0.15, -0.1) is 10.0 Å². The highest BCUT2D eigenvalue weighted by Gasteiger charge is 2.50. The van der Waals surface area contributed by atoms with Crippen LogP contribution in [0.2, 0.25) is 0 Å². The fourth-order valence-corrected chi connectivity index (χ4v) is 16.3. The molecule has 0 saturated heterocycles. The van der Waals surface area contributed by atoms with Crippen molar-refractivity contribution in [3.05, 3.63) is 223 Å². The highest BCUT2D eigenvalue weighted by Crippen LogP contribution is 2.79. The first-order valence-electron chi connectivity index (χ1n) is 23.6. The van der Waals surface area contributed by atoms with E-state index in [4.69, 9.17) is 0 Å². The van der Waals surface area contributed by atoms with E-state index in [9.17, 15) is 0 Å². The molecule has 0 amide bonds. The van der Waals surface area contributed by atoms with Crippen molar-refractivity contribution in [2.24, 2.45) is 0 Å². The first-order chi connectivity index (χ1) is 32.8. The monoisotopic (exact) mass is 874 g/mol. The average Bonchev–Trinajstić information content (AvgIpc) is 3.36. The van der Waals surface area contributed by atoms with Crippen LogP contribution in [0.1, 0.15) is 31.9 Å². The second-order valence-corrected chi connectivity index (χ2v) is 22.8. The molecule has 4 heteroatoms. The quantitative estimate of drug-likeness (QED) is 0.128. The van der Waals surface area contributed by atoms with Gasteiger partial charge >= 0.3 is 0 Å². The standard InChI is InChI=1S/C63H47BN2S/c1-40-28-35-51-54(36-40)65(46-19-14-18-45(39-46)63(2,3)4)55-37-44(49-33-31-43-30-29-41-16-13-17-42-32-34-50(49)60(43)59(41)42)38-56-61(55)64(51)52-24-15-27-58-62(52)66(56)53-25-11-12-26-57(53)67(58,47-20-7-5-8-21-47)48-22-9-6-10-23-48/h5-39H,1-4H3. The number of nitrogens with zero attached hydrogens (tertiary/aromatic N) is 2. The molecule has 318 valence electrons. The molecule has 0 atom stereocenters. The average molecular weight is 875 g/mol. The summed E-state index contributed by atoms with van der Waals surface area (Å²) in [6.07, 6.45) is 0. The number of hydrogen-bond acceptors (Lipinski definition) is 2. The van der Waals surface area contributed by atoms with Crippen molar-refractivity contribution in [3.63, 3.8) is 0 Å². The molecule has 2 nitrogen and oxygen atoms in total. The Hall–Kier alpha value is -7.53. The number of para-hydroxylation sites is 2. The molecule has 0 N–H and O–H groups in total. The van der Waals surface area contributed by atoms with Gasteiger partial charge < -0.3 is 9.80 Å². The molecule has 3 aliphatic heterocycles. The van der Waals surface area contributed by atoms with Crippen molar-refractivity contribution < 1.29 is 0 Å². The molecule has 0 fully saturated rings. The highest BCUT2D eigenvalue weighted by atomic mass is 32.3. The Balaban J connectivity index is 1.14. The van der Waals surface area contributed by atoms with E-state index in [0.29, 0.717) is 0 Å². The molecule has 11 aromatic carbocycles. The molecular formula is C63H47BN2S. The van der Waals surface area contributed by atoms with E-state index in [-0.39, 0.29) is 12.1 Å². The van der Waals surface area contributed by atoms with Gasteiger partial charge in [0.15, 0.2) is 0 Å². The van der Waals surface area contributed by atoms with E-state index in [1.807, 2.05) is 0 Å². The normalized spacial score (nSPS) is 14.8. The van der Waals surface area contributed by atoms with Crippen LogP contribution in [-0.4, -0.2) is 6.71 Å². The molecule has 0 unspecified atom stereocenters. The molecule has 0 saturated carbocycles. The van der Waals surface area contributed by atoms with Crippen LogP contribution in [0.15, 0.2) is 232 Å². The lowest BCUT2D eigenvalue weighted by atomic mass is 9.33. The number of aryl methyl sites for hydroxylation is 1. The maximum absolute atomic E-state index is 2.68. The molecule has 3 heterocycles. The minimum atomic E-state index is -1.96. The lowest BCUT2D eigenvalue weighted by Crippen LogP contribution is -2.62. The second-order valence-electron chi connectivity index (χ2n) is 19.8. The zero-order valence-electron chi connectivity index (χ0n) is 38.1. The molecule has 0 aromatic heterocycles. The van der Waals surface area contributed by atoms with Crippen LogP contribution in [0.25, 0.3) is 43.4 Å². The summed E-state index contributed by atoms with van der Waals surface area (Å²) in [5.74, 6) is 0. The van der Waals surface area contributed by atoms with E-state index >= 15 is 0 Å². The Morgan fingerprint density at radius 1 is 0.448 bits per heavy atom. The third kappa shape index (κ3) is 5.31. The highest BCUT2D eigenvalue weighted by molar-refractivity contribution is 8.34. The fourth-order valence-electron chi connectivity index (χ4n) is 12.1. The van der Waals surface area contributed by atoms with Gasteiger partial charge in [0.2, 0.25) is 0 Å². The Bertz CT molecular complexity index is 3780. The number of rotatable bonds is 4. The van der Waals surface area contributed by atoms with Crippen molar-refractivity contribution in [3.8, 4) is 11.1 Å². The number of hydrogen-bond donors (Lipinski definition) is 0. The topological polar surface area (TPSA) is 6.48 Å². The largest absolute Gasteiger partial charge is 0.311 e. The Kier molecular flexibility index (Phi) is 8.09. The SMILES string of the molecule is Cc1ccc2c(c1)N(c1cccc(C(C)(C)C)c1)c1cc(-c3ccc4ccc5cccc6ccc3c4c56)cc3c1B2c1cccc2c1N3c1ccccc1S2(c1ccccc1)c1ccccc1. The number of fused-ring (bicyclic) bond motifs is 6. The van der Waals surface area contributed by atoms with Crippen LogP contribution in [0, 0.1) is 6.92 Å². The van der Waals surface area contributed by atoms with E-state index in [1.54, 1.807) is 0 Å². The first-order valence-corrected chi connectivity index (χ1v) is 25.2. The summed E-state index contributed by atoms with van der Waals surface area (Å²) in [5, 5.41) is 7.80. The molecule has 3 aliphatic rings. The minimum absolute atomic E-state index is 0.00170. The molecule has 0 radical (unpaired) electrons. The zero-order chi connectivity index (χ0) is 44.8. The smallest absolute Gasteiger partial charge is 0.252 e. The van der Waals surface area contributed by atoms with Crippen molar-refractivity contribution in [2.75, 3.05) is 9.80 Å². The predicted octanol–water partition coefficient (Wildman–Crippen LogP) is 15.6. The Morgan fingerprint density at radius 2 is 1.07 bits per heavy atom. The summed E-state index contributed by atoms with van der Waals surface area (Å²) >= 11 is 0. The van der Waals surface area contributed by atoms with Crippen LogP contribution in [0.4, 0.5) is 34.1 Å². The van der Waals surface area contributed by atoms with E-state index in [2.05, 4.69) is 250 Å². The van der Waals surface area contributed by atoms with Crippen LogP contribution >= 0.6 is 10.0 Å². The van der Waals surface area contributed by atoms with Crippen molar-refractivity contribution in [1.82, 2.24) is 0 Å². The summed E-state index contributed by atoms with van der Waals surface area (Å²) in [7, 11) is -1.96. The number of anilines is 6. The van der Waals surface area contributed by atoms with Gasteiger partial charge in [-0.25, -0.2) is 0 Å². The van der Waals surface area contributed by atoms with Crippen molar-refractivity contribution in [2.45, 2.75) is 52.7 Å². The van der Waals surface area contributed by atoms with E-state index in [1.165, 1.54) is 125 Å². The summed E-state index contributed by atoms with van der Waals surface area (Å²) < 4.78 is 0. The molecule has 14 rings (SSSR count). The predicted molar refractivity (Wildman–Crippen MR) is 287 cm³/mol. The Morgan fingerprint density at radius 3 is 1.82 bits per heavy atom. The lowest BCUT2D eigenvalue weighted by Gasteiger charge is -2.53. The van der Waals surface area contributed by atoms with Gasteiger partial charge in [-0.05, 0) is 156 Å². The van der Waals surface area contributed by atoms with Crippen molar-refractivity contribution in [1.29, 1.82) is 0 Å². The maximum atomic E-state index is 2.68. The van der Waals surface area contributed by atoms with Gasteiger partial charge in [-0.1, -0.05) is 160 Å². The van der Waals surface area contributed by atoms with Gasteiger partial charge in [0.05, 0.1) is 11.4 Å². The summed E-state index contributed by atoms with van der Waals surface area (Å²) in [5.41, 5.74) is 16.5. The van der Waals surface area contributed by atoms with Crippen LogP contribution in [-0.2, 0) is 5.41 Å². The van der Waals surface area contributed by atoms with Gasteiger partial charge in [-0.3, -0.25) is 0 Å². The lowest BCUT2D eigenvalue weighted by molar-refractivity contribution is 0.590. The Labute approximate surface area is 394 Å². The van der Waals surface area contributed by atoms with E-state index in [0.717, 1.165) is 0 Å². The maximum Gasteiger partial charge on any atom is 0.252 e. The van der Waals surface area contributed by atoms with Gasteiger partial charge in [0, 0.05) is 42.3 Å². The summed E-state index contributed by atoms with van der Waals surface area (Å²) in [6.45, 7) is 9.21. The van der Waals surface area contributed by atoms with Gasteiger partial charge in [0.25, 0.3) is 6.71 Å². The molecule has 11 aromatic rings. The van der Waals surface area contributed by atoms with Crippen LogP contribution < -0.4 is 26.2 Å². The van der Waals surface area contributed by atoms with Crippen molar-refractivity contribution >= 4 is 99.6 Å². The minimum Gasteiger partial charge on any atom is -0.311 e. The molecule has 67 heavy (non-hydrogen) atoms. The summed E-state index contributed by atoms with van der Waals surface area (Å²) in [4.78, 5) is 10.7. The van der Waals surface area contributed by atoms with E-state index < -0.39 is 10.0 Å². The molecule has 0 bridgehead atoms. The molecule has 0 spiro atoms. The van der Waals surface area contributed by atoms with Crippen LogP contribution in [0.3, 0.4) is 0 Å². The second kappa shape index (κ2) is 14.0. The third-order valence-electron chi connectivity index (χ3n) is 15.0. The fraction of sp³-hybridized carbons (Fsp3) is 0.0794. The third-order valence-corrected chi connectivity index (χ3v) is 18.9. The number of benzene rings is 11. The van der Waals surface area contributed by atoms with Crippen LogP contribution in [0.5, 0.6) is 0 Å². The zero-order valence-corrected chi connectivity index (χ0v) is 38.9. The van der Waals surface area contributed by atoms with Gasteiger partial charge in [-0.2, -0.15) is 0 Å². The van der Waals surface area contributed by atoms with Gasteiger partial charge in [0.1, 0.15) is 0 Å².